The van der Waals surface area contributed by atoms with Gasteiger partial charge >= 0.3 is 18.1 Å². The summed E-state index contributed by atoms with van der Waals surface area (Å²) < 4.78 is 31.7. The molecule has 0 saturated carbocycles. The molecule has 0 aliphatic carbocycles. The largest absolute Gasteiger partial charge is 0.490 e. The highest BCUT2D eigenvalue weighted by molar-refractivity contribution is 6.30. The second kappa shape index (κ2) is 12.5. The average molecular weight is 564 g/mol. The molecular weight excluding hydrogens is 539 g/mol. The van der Waals surface area contributed by atoms with E-state index in [4.69, 9.17) is 21.5 Å². The van der Waals surface area contributed by atoms with E-state index in [0.717, 1.165) is 24.3 Å². The van der Waals surface area contributed by atoms with Crippen molar-refractivity contribution in [2.24, 2.45) is 0 Å². The second-order valence-electron chi connectivity index (χ2n) is 8.61. The third-order valence-electron chi connectivity index (χ3n) is 5.82. The predicted molar refractivity (Wildman–Crippen MR) is 142 cm³/mol. The van der Waals surface area contributed by atoms with Crippen LogP contribution in [0.1, 0.15) is 26.3 Å². The first-order valence-electron chi connectivity index (χ1n) is 11.7. The van der Waals surface area contributed by atoms with Gasteiger partial charge in [0, 0.05) is 48.1 Å². The Hall–Kier alpha value is -4.25. The summed E-state index contributed by atoms with van der Waals surface area (Å²) in [5, 5.41) is 20.4. The highest BCUT2D eigenvalue weighted by Gasteiger charge is 2.38. The lowest BCUT2D eigenvalue weighted by molar-refractivity contribution is -0.192. The third kappa shape index (κ3) is 8.11. The molecule has 0 radical (unpaired) electrons. The first-order chi connectivity index (χ1) is 18.3. The lowest BCUT2D eigenvalue weighted by atomic mass is 10.1. The number of nitrogens with one attached hydrogen (secondary N) is 1. The van der Waals surface area contributed by atoms with Gasteiger partial charge < -0.3 is 25.3 Å². The van der Waals surface area contributed by atoms with E-state index in [1.165, 1.54) is 6.07 Å². The maximum Gasteiger partial charge on any atom is 0.490 e. The van der Waals surface area contributed by atoms with Gasteiger partial charge in [-0.05, 0) is 61.5 Å². The van der Waals surface area contributed by atoms with Crippen LogP contribution in [-0.4, -0.2) is 60.4 Å². The number of nitrogens with zero attached hydrogens (tertiary/aromatic N) is 2. The van der Waals surface area contributed by atoms with Crippen LogP contribution in [-0.2, 0) is 4.79 Å². The standard InChI is InChI=1S/C25H24ClN3O3.C2HF3O2/c1-17-3-2-4-18(15-17)24(30)27-20-7-10-23(22(16-20)25(31)32)29-13-11-28(12-14-29)21-8-5-19(26)6-9-21;3-2(4,5)1(6)7/h2-10,15-16H,11-14H2,1H3,(H,27,30)(H,31,32);(H,6,7). The summed E-state index contributed by atoms with van der Waals surface area (Å²) in [6.07, 6.45) is -5.08. The van der Waals surface area contributed by atoms with E-state index < -0.39 is 18.1 Å². The molecule has 1 heterocycles. The molecule has 3 aromatic rings. The van der Waals surface area contributed by atoms with Crippen molar-refractivity contribution in [2.45, 2.75) is 13.1 Å². The van der Waals surface area contributed by atoms with Crippen LogP contribution in [0.5, 0.6) is 0 Å². The van der Waals surface area contributed by atoms with E-state index in [-0.39, 0.29) is 11.5 Å². The number of alkyl halides is 3. The molecule has 0 aromatic heterocycles. The molecule has 39 heavy (non-hydrogen) atoms. The van der Waals surface area contributed by atoms with E-state index in [9.17, 15) is 27.9 Å². The number of aromatic carboxylic acids is 1. The van der Waals surface area contributed by atoms with E-state index in [1.807, 2.05) is 43.3 Å². The van der Waals surface area contributed by atoms with Crippen molar-refractivity contribution < 1.29 is 37.8 Å². The van der Waals surface area contributed by atoms with Crippen LogP contribution in [0.2, 0.25) is 5.02 Å². The monoisotopic (exact) mass is 563 g/mol. The van der Waals surface area contributed by atoms with Crippen molar-refractivity contribution in [2.75, 3.05) is 41.3 Å². The number of carbonyl (C=O) groups is 3. The molecular formula is C27H25ClF3N3O5. The number of rotatable bonds is 5. The van der Waals surface area contributed by atoms with Gasteiger partial charge in [0.1, 0.15) is 0 Å². The smallest absolute Gasteiger partial charge is 0.478 e. The van der Waals surface area contributed by atoms with Crippen molar-refractivity contribution in [1.29, 1.82) is 0 Å². The summed E-state index contributed by atoms with van der Waals surface area (Å²) in [7, 11) is 0. The zero-order valence-corrected chi connectivity index (χ0v) is 21.5. The van der Waals surface area contributed by atoms with Crippen molar-refractivity contribution in [1.82, 2.24) is 0 Å². The summed E-state index contributed by atoms with van der Waals surface area (Å²) in [4.78, 5) is 37.7. The Morgan fingerprint density at radius 3 is 2.00 bits per heavy atom. The number of anilines is 3. The zero-order chi connectivity index (χ0) is 28.7. The molecule has 3 N–H and O–H groups in total. The molecule has 0 atom stereocenters. The highest BCUT2D eigenvalue weighted by Crippen LogP contribution is 2.27. The lowest BCUT2D eigenvalue weighted by Crippen LogP contribution is -2.47. The maximum absolute atomic E-state index is 12.5. The van der Waals surface area contributed by atoms with Gasteiger partial charge in [-0.1, -0.05) is 29.3 Å². The van der Waals surface area contributed by atoms with Gasteiger partial charge in [-0.15, -0.1) is 0 Å². The second-order valence-corrected chi connectivity index (χ2v) is 9.05. The number of hydrogen-bond acceptors (Lipinski definition) is 5. The molecule has 8 nitrogen and oxygen atoms in total. The minimum absolute atomic E-state index is 0.173. The first kappa shape index (κ1) is 29.3. The normalized spacial score (nSPS) is 13.3. The Bertz CT molecular complexity index is 1340. The SMILES string of the molecule is Cc1cccc(C(=O)Nc2ccc(N3CCN(c4ccc(Cl)cc4)CC3)c(C(=O)O)c2)c1.O=C(O)C(F)(F)F. The van der Waals surface area contributed by atoms with E-state index in [0.29, 0.717) is 35.1 Å². The van der Waals surface area contributed by atoms with E-state index in [1.54, 1.807) is 24.3 Å². The summed E-state index contributed by atoms with van der Waals surface area (Å²) >= 11 is 5.98. The van der Waals surface area contributed by atoms with Crippen LogP contribution in [0.3, 0.4) is 0 Å². The summed E-state index contributed by atoms with van der Waals surface area (Å²) in [6.45, 7) is 4.84. The number of carboxylic acid groups (broad SMARTS) is 2. The number of carboxylic acids is 2. The molecule has 1 fully saturated rings. The Balaban J connectivity index is 0.000000532. The Morgan fingerprint density at radius 2 is 1.46 bits per heavy atom. The van der Waals surface area contributed by atoms with Crippen molar-refractivity contribution in [3.63, 3.8) is 0 Å². The molecule has 1 aliphatic heterocycles. The van der Waals surface area contributed by atoms with Crippen molar-refractivity contribution in [3.8, 4) is 0 Å². The molecule has 1 saturated heterocycles. The molecule has 0 unspecified atom stereocenters. The predicted octanol–water partition coefficient (Wildman–Crippen LogP) is 5.56. The van der Waals surface area contributed by atoms with Crippen LogP contribution in [0.15, 0.2) is 66.7 Å². The average Bonchev–Trinajstić information content (AvgIpc) is 2.89. The van der Waals surface area contributed by atoms with Gasteiger partial charge in [0.15, 0.2) is 0 Å². The molecule has 0 spiro atoms. The highest BCUT2D eigenvalue weighted by atomic mass is 35.5. The van der Waals surface area contributed by atoms with Gasteiger partial charge in [-0.3, -0.25) is 4.79 Å². The lowest BCUT2D eigenvalue weighted by Gasteiger charge is -2.38. The minimum atomic E-state index is -5.08. The fourth-order valence-electron chi connectivity index (χ4n) is 3.91. The zero-order valence-electron chi connectivity index (χ0n) is 20.7. The van der Waals surface area contributed by atoms with Crippen LogP contribution in [0.25, 0.3) is 0 Å². The summed E-state index contributed by atoms with van der Waals surface area (Å²) in [6, 6.07) is 20.0. The number of piperazine rings is 1. The quantitative estimate of drug-likeness (QED) is 0.373. The first-order valence-corrected chi connectivity index (χ1v) is 12.0. The number of aryl methyl sites for hydroxylation is 1. The molecule has 206 valence electrons. The van der Waals surface area contributed by atoms with Gasteiger partial charge in [0.25, 0.3) is 5.91 Å². The van der Waals surface area contributed by atoms with Crippen molar-refractivity contribution in [3.05, 3.63) is 88.4 Å². The Labute approximate surface area is 227 Å². The molecule has 4 rings (SSSR count). The number of benzene rings is 3. The molecule has 12 heteroatoms. The molecule has 1 amide bonds. The van der Waals surface area contributed by atoms with Crippen LogP contribution in [0, 0.1) is 6.92 Å². The number of hydrogen-bond donors (Lipinski definition) is 3. The van der Waals surface area contributed by atoms with Gasteiger partial charge in [0.05, 0.1) is 11.3 Å². The maximum atomic E-state index is 12.5. The third-order valence-corrected chi connectivity index (χ3v) is 6.07. The molecule has 3 aromatic carbocycles. The molecule has 0 bridgehead atoms. The fourth-order valence-corrected chi connectivity index (χ4v) is 4.03. The van der Waals surface area contributed by atoms with Gasteiger partial charge in [0.2, 0.25) is 0 Å². The molecule has 1 aliphatic rings. The topological polar surface area (TPSA) is 110 Å². The number of halogens is 4. The van der Waals surface area contributed by atoms with Crippen LogP contribution >= 0.6 is 11.6 Å². The number of aliphatic carboxylic acids is 1. The van der Waals surface area contributed by atoms with Crippen LogP contribution in [0.4, 0.5) is 30.2 Å². The van der Waals surface area contributed by atoms with Gasteiger partial charge in [-0.25, -0.2) is 9.59 Å². The van der Waals surface area contributed by atoms with E-state index >= 15 is 0 Å². The fraction of sp³-hybridized carbons (Fsp3) is 0.222. The van der Waals surface area contributed by atoms with Crippen LogP contribution < -0.4 is 15.1 Å². The summed E-state index contributed by atoms with van der Waals surface area (Å²) in [5.41, 5.74) is 3.90. The minimum Gasteiger partial charge on any atom is -0.478 e. The van der Waals surface area contributed by atoms with Crippen molar-refractivity contribution >= 4 is 46.5 Å². The number of amides is 1. The Kier molecular flexibility index (Phi) is 9.42. The Morgan fingerprint density at radius 1 is 0.872 bits per heavy atom. The van der Waals surface area contributed by atoms with Gasteiger partial charge in [-0.2, -0.15) is 13.2 Å². The summed E-state index contributed by atoms with van der Waals surface area (Å²) in [5.74, 6) is -4.05. The number of carbonyl (C=O) groups excluding carboxylic acids is 1. The van der Waals surface area contributed by atoms with E-state index in [2.05, 4.69) is 15.1 Å².